The number of hydrogen-bond donors (Lipinski definition) is 2. The van der Waals surface area contributed by atoms with Crippen LogP contribution in [0.4, 0.5) is 4.39 Å². The van der Waals surface area contributed by atoms with Gasteiger partial charge in [-0.25, -0.2) is 4.39 Å². The molecule has 1 atom stereocenters. The molecule has 0 radical (unpaired) electrons. The molecule has 1 heterocycles. The average Bonchev–Trinajstić information content (AvgIpc) is 2.42. The number of carbonyl (C=O) groups is 1. The molecule has 0 spiro atoms. The molecule has 0 saturated heterocycles. The normalized spacial score (nSPS) is 13.7. The SMILES string of the molecule is CC(C)C(O)C(C)(C)CNC(=O)/C=C/c1cncc(F)c1. The highest BCUT2D eigenvalue weighted by Crippen LogP contribution is 2.24. The highest BCUT2D eigenvalue weighted by Gasteiger charge is 2.30. The van der Waals surface area contributed by atoms with Gasteiger partial charge >= 0.3 is 0 Å². The first-order valence-electron chi connectivity index (χ1n) is 6.97. The molecule has 116 valence electrons. The number of aromatic nitrogens is 1. The van der Waals surface area contributed by atoms with Crippen molar-refractivity contribution in [2.24, 2.45) is 11.3 Å². The fraction of sp³-hybridized carbons (Fsp3) is 0.500. The van der Waals surface area contributed by atoms with E-state index in [9.17, 15) is 14.3 Å². The van der Waals surface area contributed by atoms with Crippen LogP contribution < -0.4 is 5.32 Å². The lowest BCUT2D eigenvalue weighted by Crippen LogP contribution is -2.43. The smallest absolute Gasteiger partial charge is 0.244 e. The first kappa shape index (κ1) is 17.3. The molecule has 0 aliphatic carbocycles. The van der Waals surface area contributed by atoms with Crippen molar-refractivity contribution in [1.82, 2.24) is 10.3 Å². The summed E-state index contributed by atoms with van der Waals surface area (Å²) in [6.45, 7) is 8.03. The van der Waals surface area contributed by atoms with E-state index in [4.69, 9.17) is 0 Å². The van der Waals surface area contributed by atoms with Crippen LogP contribution in [0.2, 0.25) is 0 Å². The van der Waals surface area contributed by atoms with Gasteiger partial charge in [-0.1, -0.05) is 27.7 Å². The van der Waals surface area contributed by atoms with Crippen molar-refractivity contribution in [3.63, 3.8) is 0 Å². The van der Waals surface area contributed by atoms with E-state index in [1.54, 1.807) is 0 Å². The maximum atomic E-state index is 12.9. The number of halogens is 1. The molecule has 5 heteroatoms. The molecule has 0 saturated carbocycles. The molecular formula is C16H23FN2O2. The minimum Gasteiger partial charge on any atom is -0.392 e. The topological polar surface area (TPSA) is 62.2 Å². The Morgan fingerprint density at radius 1 is 1.48 bits per heavy atom. The standard InChI is InChI=1S/C16H23FN2O2/c1-11(2)15(21)16(3,4)10-19-14(20)6-5-12-7-13(17)9-18-8-12/h5-9,11,15,21H,10H2,1-4H3,(H,19,20)/b6-5+. The summed E-state index contributed by atoms with van der Waals surface area (Å²) in [6, 6.07) is 1.29. The van der Waals surface area contributed by atoms with Gasteiger partial charge in [-0.3, -0.25) is 9.78 Å². The van der Waals surface area contributed by atoms with Crippen LogP contribution in [0.15, 0.2) is 24.5 Å². The van der Waals surface area contributed by atoms with Crippen LogP contribution in [-0.4, -0.2) is 28.6 Å². The Labute approximate surface area is 125 Å². The third-order valence-corrected chi connectivity index (χ3v) is 3.30. The minimum absolute atomic E-state index is 0.116. The van der Waals surface area contributed by atoms with Crippen LogP contribution in [0.25, 0.3) is 6.08 Å². The zero-order chi connectivity index (χ0) is 16.0. The van der Waals surface area contributed by atoms with Crippen LogP contribution in [0, 0.1) is 17.2 Å². The average molecular weight is 294 g/mol. The Hall–Kier alpha value is -1.75. The number of amides is 1. The van der Waals surface area contributed by atoms with E-state index in [1.165, 1.54) is 24.4 Å². The van der Waals surface area contributed by atoms with Gasteiger partial charge in [0.2, 0.25) is 5.91 Å². The van der Waals surface area contributed by atoms with Crippen molar-refractivity contribution in [1.29, 1.82) is 0 Å². The molecule has 0 fully saturated rings. The fourth-order valence-corrected chi connectivity index (χ4v) is 2.07. The Bertz CT molecular complexity index is 513. The number of pyridine rings is 1. The van der Waals surface area contributed by atoms with Crippen molar-refractivity contribution in [2.45, 2.75) is 33.8 Å². The molecule has 4 nitrogen and oxygen atoms in total. The van der Waals surface area contributed by atoms with Gasteiger partial charge < -0.3 is 10.4 Å². The second-order valence-electron chi connectivity index (χ2n) is 6.17. The van der Waals surface area contributed by atoms with Gasteiger partial charge in [-0.2, -0.15) is 0 Å². The number of carbonyl (C=O) groups excluding carboxylic acids is 1. The van der Waals surface area contributed by atoms with Crippen LogP contribution in [0.3, 0.4) is 0 Å². The predicted octanol–water partition coefficient (Wildman–Crippen LogP) is 2.39. The first-order chi connectivity index (χ1) is 9.72. The largest absolute Gasteiger partial charge is 0.392 e. The molecule has 2 N–H and O–H groups in total. The molecule has 1 amide bonds. The molecule has 0 bridgehead atoms. The molecule has 0 aromatic carbocycles. The summed E-state index contributed by atoms with van der Waals surface area (Å²) in [6.07, 6.45) is 4.90. The van der Waals surface area contributed by atoms with Gasteiger partial charge in [0.05, 0.1) is 12.3 Å². The van der Waals surface area contributed by atoms with E-state index in [-0.39, 0.29) is 11.8 Å². The molecular weight excluding hydrogens is 271 g/mol. The lowest BCUT2D eigenvalue weighted by atomic mass is 9.81. The van der Waals surface area contributed by atoms with Gasteiger partial charge in [-0.05, 0) is 23.6 Å². The van der Waals surface area contributed by atoms with Gasteiger partial charge in [0.1, 0.15) is 5.82 Å². The van der Waals surface area contributed by atoms with Crippen molar-refractivity contribution in [2.75, 3.05) is 6.54 Å². The van der Waals surface area contributed by atoms with Gasteiger partial charge in [0.15, 0.2) is 0 Å². The lowest BCUT2D eigenvalue weighted by molar-refractivity contribution is -0.117. The molecule has 1 unspecified atom stereocenters. The van der Waals surface area contributed by atoms with Crippen molar-refractivity contribution in [3.8, 4) is 0 Å². The molecule has 0 aliphatic rings. The lowest BCUT2D eigenvalue weighted by Gasteiger charge is -2.33. The van der Waals surface area contributed by atoms with Crippen LogP contribution in [0.1, 0.15) is 33.3 Å². The summed E-state index contributed by atoms with van der Waals surface area (Å²) in [5.74, 6) is -0.618. The number of aliphatic hydroxyl groups is 1. The summed E-state index contributed by atoms with van der Waals surface area (Å²) in [4.78, 5) is 15.4. The summed E-state index contributed by atoms with van der Waals surface area (Å²) < 4.78 is 12.9. The Morgan fingerprint density at radius 2 is 2.14 bits per heavy atom. The quantitative estimate of drug-likeness (QED) is 0.792. The predicted molar refractivity (Wildman–Crippen MR) is 80.9 cm³/mol. The summed E-state index contributed by atoms with van der Waals surface area (Å²) in [7, 11) is 0. The van der Waals surface area contributed by atoms with Gasteiger partial charge in [-0.15, -0.1) is 0 Å². The van der Waals surface area contributed by atoms with Crippen molar-refractivity contribution in [3.05, 3.63) is 35.9 Å². The molecule has 1 rings (SSSR count). The number of nitrogens with one attached hydrogen (secondary N) is 1. The van der Waals surface area contributed by atoms with Crippen LogP contribution in [-0.2, 0) is 4.79 Å². The minimum atomic E-state index is -0.505. The molecule has 0 aliphatic heterocycles. The maximum Gasteiger partial charge on any atom is 0.244 e. The third-order valence-electron chi connectivity index (χ3n) is 3.30. The third kappa shape index (κ3) is 5.63. The Balaban J connectivity index is 2.55. The zero-order valence-electron chi connectivity index (χ0n) is 12.9. The van der Waals surface area contributed by atoms with E-state index >= 15 is 0 Å². The monoisotopic (exact) mass is 294 g/mol. The second kappa shape index (κ2) is 7.31. The zero-order valence-corrected chi connectivity index (χ0v) is 12.9. The second-order valence-corrected chi connectivity index (χ2v) is 6.17. The van der Waals surface area contributed by atoms with Crippen molar-refractivity contribution >= 4 is 12.0 Å². The van der Waals surface area contributed by atoms with E-state index < -0.39 is 17.3 Å². The molecule has 21 heavy (non-hydrogen) atoms. The number of rotatable bonds is 6. The fourth-order valence-electron chi connectivity index (χ4n) is 2.07. The van der Waals surface area contributed by atoms with Gasteiger partial charge in [0, 0.05) is 24.2 Å². The molecule has 1 aromatic rings. The highest BCUT2D eigenvalue weighted by molar-refractivity contribution is 5.91. The van der Waals surface area contributed by atoms with E-state index in [1.807, 2.05) is 27.7 Å². The highest BCUT2D eigenvalue weighted by atomic mass is 19.1. The van der Waals surface area contributed by atoms with Crippen LogP contribution >= 0.6 is 0 Å². The molecule has 1 aromatic heterocycles. The Morgan fingerprint density at radius 3 is 2.71 bits per heavy atom. The van der Waals surface area contributed by atoms with Gasteiger partial charge in [0.25, 0.3) is 0 Å². The summed E-state index contributed by atoms with van der Waals surface area (Å²) >= 11 is 0. The van der Waals surface area contributed by atoms with E-state index in [0.29, 0.717) is 12.1 Å². The summed E-state index contributed by atoms with van der Waals surface area (Å²) in [5.41, 5.74) is 0.101. The van der Waals surface area contributed by atoms with E-state index in [2.05, 4.69) is 10.3 Å². The summed E-state index contributed by atoms with van der Waals surface area (Å²) in [5, 5.41) is 12.8. The van der Waals surface area contributed by atoms with Crippen LogP contribution in [0.5, 0.6) is 0 Å². The number of hydrogen-bond acceptors (Lipinski definition) is 3. The Kier molecular flexibility index (Phi) is 6.03. The van der Waals surface area contributed by atoms with E-state index in [0.717, 1.165) is 6.20 Å². The number of aliphatic hydroxyl groups excluding tert-OH is 1. The van der Waals surface area contributed by atoms with Crippen molar-refractivity contribution < 1.29 is 14.3 Å². The first-order valence-corrected chi connectivity index (χ1v) is 6.97. The maximum absolute atomic E-state index is 12.9. The number of nitrogens with zero attached hydrogens (tertiary/aromatic N) is 1.